The zero-order chi connectivity index (χ0) is 28.4. The van der Waals surface area contributed by atoms with E-state index < -0.39 is 0 Å². The first-order valence-electron chi connectivity index (χ1n) is 14.2. The molecule has 42 heavy (non-hydrogen) atoms. The molecule has 4 aromatic rings. The lowest BCUT2D eigenvalue weighted by Crippen LogP contribution is -2.52. The molecule has 8 rings (SSSR count). The number of allylic oxidation sites excluding steroid dienone is 1. The van der Waals surface area contributed by atoms with E-state index in [4.69, 9.17) is 4.98 Å². The second-order valence-corrected chi connectivity index (χ2v) is 13.3. The van der Waals surface area contributed by atoms with Crippen LogP contribution >= 0.6 is 23.1 Å². The molecule has 1 saturated carbocycles. The molecule has 208 valence electrons. The molecule has 1 fully saturated rings. The number of rotatable bonds is 5. The van der Waals surface area contributed by atoms with Crippen molar-refractivity contribution in [3.8, 4) is 11.3 Å². The van der Waals surface area contributed by atoms with Gasteiger partial charge < -0.3 is 10.6 Å². The van der Waals surface area contributed by atoms with Gasteiger partial charge in [-0.05, 0) is 60.1 Å². The number of thioether (sulfide) groups is 1. The zero-order valence-electron chi connectivity index (χ0n) is 23.0. The van der Waals surface area contributed by atoms with Gasteiger partial charge >= 0.3 is 0 Å². The van der Waals surface area contributed by atoms with Crippen LogP contribution in [0.4, 0.5) is 5.13 Å². The van der Waals surface area contributed by atoms with Crippen LogP contribution in [0.15, 0.2) is 94.6 Å². The third kappa shape index (κ3) is 3.85. The lowest BCUT2D eigenvalue weighted by Gasteiger charge is -2.52. The van der Waals surface area contributed by atoms with Gasteiger partial charge in [-0.25, -0.2) is 4.98 Å². The molecule has 6 nitrogen and oxygen atoms in total. The first kappa shape index (κ1) is 25.7. The van der Waals surface area contributed by atoms with Crippen molar-refractivity contribution in [2.75, 3.05) is 11.1 Å². The van der Waals surface area contributed by atoms with Gasteiger partial charge in [0.15, 0.2) is 5.13 Å². The third-order valence-electron chi connectivity index (χ3n) is 9.57. The highest BCUT2D eigenvalue weighted by Crippen LogP contribution is 2.75. The van der Waals surface area contributed by atoms with Crippen LogP contribution in [0.25, 0.3) is 11.3 Å². The molecule has 0 radical (unpaired) electrons. The summed E-state index contributed by atoms with van der Waals surface area (Å²) in [6, 6.07) is 24.9. The molecule has 4 aliphatic rings. The lowest BCUT2D eigenvalue weighted by molar-refractivity contribution is -0.132. The summed E-state index contributed by atoms with van der Waals surface area (Å²) < 4.78 is 0. The maximum absolute atomic E-state index is 13.9. The zero-order valence-corrected chi connectivity index (χ0v) is 24.6. The predicted molar refractivity (Wildman–Crippen MR) is 169 cm³/mol. The van der Waals surface area contributed by atoms with Crippen molar-refractivity contribution >= 4 is 45.6 Å². The summed E-state index contributed by atoms with van der Waals surface area (Å²) >= 11 is 2.98. The first-order valence-corrected chi connectivity index (χ1v) is 16.1. The van der Waals surface area contributed by atoms with Crippen molar-refractivity contribution in [2.45, 2.75) is 31.6 Å². The average molecular weight is 589 g/mol. The Morgan fingerprint density at radius 2 is 1.76 bits per heavy atom. The Hall–Kier alpha value is -4.01. The molecule has 0 saturated heterocycles. The van der Waals surface area contributed by atoms with Crippen molar-refractivity contribution in [3.63, 3.8) is 0 Å². The van der Waals surface area contributed by atoms with E-state index in [1.807, 2.05) is 30.5 Å². The molecule has 0 bridgehead atoms. The highest BCUT2D eigenvalue weighted by molar-refractivity contribution is 8.12. The molecule has 2 heterocycles. The normalized spacial score (nSPS) is 24.7. The molecule has 1 aliphatic heterocycles. The van der Waals surface area contributed by atoms with Gasteiger partial charge in [0.25, 0.3) is 5.91 Å². The van der Waals surface area contributed by atoms with Crippen LogP contribution < -0.4 is 10.6 Å². The minimum Gasteiger partial charge on any atom is -0.323 e. The predicted octanol–water partition coefficient (Wildman–Crippen LogP) is 6.98. The summed E-state index contributed by atoms with van der Waals surface area (Å²) in [6.07, 6.45) is 1.80. The summed E-state index contributed by atoms with van der Waals surface area (Å²) in [6.45, 7) is 1.90. The van der Waals surface area contributed by atoms with Crippen molar-refractivity contribution in [3.05, 3.63) is 117 Å². The monoisotopic (exact) mass is 588 g/mol. The number of hydrogen-bond acceptors (Lipinski definition) is 6. The number of aliphatic imine (C=N–C) groups is 1. The van der Waals surface area contributed by atoms with Crippen LogP contribution in [0.3, 0.4) is 0 Å². The number of hydrogen-bond donors (Lipinski definition) is 2. The second-order valence-electron chi connectivity index (χ2n) is 11.6. The molecule has 8 heteroatoms. The number of thiazole rings is 1. The van der Waals surface area contributed by atoms with E-state index >= 15 is 0 Å². The van der Waals surface area contributed by atoms with Gasteiger partial charge in [-0.1, -0.05) is 60.7 Å². The van der Waals surface area contributed by atoms with Crippen molar-refractivity contribution in [2.24, 2.45) is 16.3 Å². The van der Waals surface area contributed by atoms with Gasteiger partial charge in [-0.2, -0.15) is 0 Å². The number of aromatic nitrogens is 1. The minimum absolute atomic E-state index is 0.0579. The Morgan fingerprint density at radius 3 is 2.62 bits per heavy atom. The van der Waals surface area contributed by atoms with Gasteiger partial charge in [-0.3, -0.25) is 14.6 Å². The minimum atomic E-state index is -0.170. The van der Waals surface area contributed by atoms with Crippen LogP contribution in [0.2, 0.25) is 0 Å². The Bertz CT molecular complexity index is 1840. The maximum Gasteiger partial charge on any atom is 0.255 e. The number of nitrogens with one attached hydrogen (secondary N) is 2. The van der Waals surface area contributed by atoms with E-state index in [-0.39, 0.29) is 29.1 Å². The van der Waals surface area contributed by atoms with Crippen molar-refractivity contribution in [1.82, 2.24) is 10.3 Å². The first-order chi connectivity index (χ1) is 20.5. The van der Waals surface area contributed by atoms with Gasteiger partial charge in [0.05, 0.1) is 16.9 Å². The van der Waals surface area contributed by atoms with E-state index in [1.54, 1.807) is 23.4 Å². The Kier molecular flexibility index (Phi) is 5.98. The van der Waals surface area contributed by atoms with E-state index in [0.717, 1.165) is 35.5 Å². The van der Waals surface area contributed by atoms with Crippen LogP contribution in [-0.4, -0.2) is 28.1 Å². The lowest BCUT2D eigenvalue weighted by atomic mass is 9.50. The largest absolute Gasteiger partial charge is 0.323 e. The Morgan fingerprint density at radius 1 is 0.952 bits per heavy atom. The quantitative estimate of drug-likeness (QED) is 0.264. The molecule has 4 atom stereocenters. The molecule has 4 unspecified atom stereocenters. The summed E-state index contributed by atoms with van der Waals surface area (Å²) in [5.74, 6) is 1.17. The fraction of sp³-hybridized carbons (Fsp3) is 0.235. The van der Waals surface area contributed by atoms with E-state index in [1.165, 1.54) is 33.6 Å². The second kappa shape index (κ2) is 9.78. The van der Waals surface area contributed by atoms with Gasteiger partial charge in [0.2, 0.25) is 5.91 Å². The SMILES string of the molecule is CC1=C(NC(=O)c2cccc(-c3csc(NC(=O)C4CC5c6ccccc6C6c7ccccc7CC456)n3)c2)CSC=N1. The van der Waals surface area contributed by atoms with Gasteiger partial charge in [0.1, 0.15) is 0 Å². The summed E-state index contributed by atoms with van der Waals surface area (Å²) in [7, 11) is 0. The van der Waals surface area contributed by atoms with Crippen LogP contribution in [0, 0.1) is 11.3 Å². The average Bonchev–Trinajstić information content (AvgIpc) is 3.67. The van der Waals surface area contributed by atoms with Crippen LogP contribution in [0.5, 0.6) is 0 Å². The molecular weight excluding hydrogens is 561 g/mol. The molecular formula is C34H28N4O2S2. The van der Waals surface area contributed by atoms with Crippen molar-refractivity contribution < 1.29 is 9.59 Å². The summed E-state index contributed by atoms with van der Waals surface area (Å²) in [5, 5.41) is 8.70. The molecule has 3 aliphatic carbocycles. The molecule has 1 aromatic heterocycles. The van der Waals surface area contributed by atoms with E-state index in [9.17, 15) is 9.59 Å². The number of anilines is 1. The number of benzene rings is 3. The van der Waals surface area contributed by atoms with Crippen LogP contribution in [0.1, 0.15) is 57.8 Å². The van der Waals surface area contributed by atoms with Crippen molar-refractivity contribution in [1.29, 1.82) is 0 Å². The maximum atomic E-state index is 13.9. The van der Waals surface area contributed by atoms with Gasteiger partial charge in [0, 0.05) is 45.2 Å². The number of carbonyl (C=O) groups excluding carboxylic acids is 2. The highest BCUT2D eigenvalue weighted by atomic mass is 32.2. The fourth-order valence-electron chi connectivity index (χ4n) is 7.65. The van der Waals surface area contributed by atoms with E-state index in [0.29, 0.717) is 22.4 Å². The Balaban J connectivity index is 1.02. The molecule has 2 N–H and O–H groups in total. The number of carbonyl (C=O) groups is 2. The topological polar surface area (TPSA) is 83.5 Å². The molecule has 1 spiro atoms. The number of amides is 2. The standard InChI is InChI=1S/C34H28N4O2S2/c1-19-28(16-41-18-35-19)36-31(39)21-9-6-8-20(13-21)29-17-42-33(37-29)38-32(40)27-14-26-24-11-4-5-12-25(24)30-23-10-3-2-7-22(23)15-34(26,27)30/h2-13,17-18,26-27,30H,14-16H2,1H3,(H,36,39)(H,37,38,40). The van der Waals surface area contributed by atoms with Crippen LogP contribution in [-0.2, 0) is 11.2 Å². The van der Waals surface area contributed by atoms with E-state index in [2.05, 4.69) is 64.2 Å². The number of fused-ring (bicyclic) bond motifs is 5. The molecule has 3 aromatic carbocycles. The fourth-order valence-corrected chi connectivity index (χ4v) is 9.13. The summed E-state index contributed by atoms with van der Waals surface area (Å²) in [4.78, 5) is 35.9. The highest BCUT2D eigenvalue weighted by Gasteiger charge is 2.69. The molecule has 2 amide bonds. The summed E-state index contributed by atoms with van der Waals surface area (Å²) in [5.41, 5.74) is 11.0. The van der Waals surface area contributed by atoms with Gasteiger partial charge in [-0.15, -0.1) is 23.1 Å². The Labute approximate surface area is 252 Å². The smallest absolute Gasteiger partial charge is 0.255 e. The number of nitrogens with zero attached hydrogens (tertiary/aromatic N) is 2. The third-order valence-corrected chi connectivity index (χ3v) is 11.0.